The van der Waals surface area contributed by atoms with Crippen molar-refractivity contribution in [1.82, 2.24) is 9.36 Å². The third-order valence-electron chi connectivity index (χ3n) is 2.87. The molecule has 0 saturated carbocycles. The van der Waals surface area contributed by atoms with E-state index in [0.717, 1.165) is 17.7 Å². The average Bonchev–Trinajstić information content (AvgIpc) is 3.02. The fourth-order valence-electron chi connectivity index (χ4n) is 1.98. The predicted octanol–water partition coefficient (Wildman–Crippen LogP) is 2.97. The number of rotatable bonds is 3. The molecular formula is C12H10F3N3OS. The Morgan fingerprint density at radius 3 is 2.85 bits per heavy atom. The number of hydrogen-bond acceptors (Lipinski definition) is 5. The van der Waals surface area contributed by atoms with Gasteiger partial charge in [-0.15, -0.1) is 0 Å². The zero-order chi connectivity index (χ0) is 14.2. The summed E-state index contributed by atoms with van der Waals surface area (Å²) in [7, 11) is 0. The van der Waals surface area contributed by atoms with E-state index in [1.807, 2.05) is 24.3 Å². The van der Waals surface area contributed by atoms with Gasteiger partial charge < -0.3 is 10.1 Å². The number of alkyl halides is 3. The number of halogens is 3. The van der Waals surface area contributed by atoms with Crippen LogP contribution in [0.4, 0.5) is 18.3 Å². The maximum atomic E-state index is 12.4. The summed E-state index contributed by atoms with van der Waals surface area (Å²) < 4.78 is 46.0. The van der Waals surface area contributed by atoms with Crippen LogP contribution >= 0.6 is 11.5 Å². The zero-order valence-corrected chi connectivity index (χ0v) is 11.0. The Morgan fingerprint density at radius 2 is 2.15 bits per heavy atom. The van der Waals surface area contributed by atoms with Crippen molar-refractivity contribution in [2.75, 3.05) is 11.9 Å². The van der Waals surface area contributed by atoms with Gasteiger partial charge in [0.15, 0.2) is 0 Å². The number of anilines is 1. The number of para-hydroxylation sites is 1. The van der Waals surface area contributed by atoms with Crippen LogP contribution in [0.1, 0.15) is 11.4 Å². The maximum absolute atomic E-state index is 12.4. The van der Waals surface area contributed by atoms with Crippen LogP contribution < -0.4 is 10.1 Å². The van der Waals surface area contributed by atoms with Gasteiger partial charge in [0.1, 0.15) is 11.9 Å². The van der Waals surface area contributed by atoms with E-state index in [2.05, 4.69) is 14.7 Å². The van der Waals surface area contributed by atoms with Crippen LogP contribution in [0.2, 0.25) is 0 Å². The highest BCUT2D eigenvalue weighted by atomic mass is 32.1. The minimum Gasteiger partial charge on any atom is -0.488 e. The Balaban J connectivity index is 1.58. The molecule has 1 aromatic carbocycles. The SMILES string of the molecule is FC(F)(F)c1nsc(NCC2Cc3ccccc3O2)n1. The van der Waals surface area contributed by atoms with Crippen LogP contribution in [0.25, 0.3) is 0 Å². The highest BCUT2D eigenvalue weighted by molar-refractivity contribution is 7.09. The molecule has 1 atom stereocenters. The lowest BCUT2D eigenvalue weighted by molar-refractivity contribution is -0.144. The molecule has 1 aliphatic heterocycles. The Morgan fingerprint density at radius 1 is 1.35 bits per heavy atom. The summed E-state index contributed by atoms with van der Waals surface area (Å²) >= 11 is 0.696. The third kappa shape index (κ3) is 2.69. The highest BCUT2D eigenvalue weighted by Gasteiger charge is 2.36. The molecule has 0 fully saturated rings. The van der Waals surface area contributed by atoms with Crippen LogP contribution in [0, 0.1) is 0 Å². The van der Waals surface area contributed by atoms with Crippen molar-refractivity contribution in [3.05, 3.63) is 35.7 Å². The molecule has 0 radical (unpaired) electrons. The van der Waals surface area contributed by atoms with Crippen molar-refractivity contribution in [1.29, 1.82) is 0 Å². The zero-order valence-electron chi connectivity index (χ0n) is 10.1. The van der Waals surface area contributed by atoms with Crippen molar-refractivity contribution < 1.29 is 17.9 Å². The number of nitrogens with one attached hydrogen (secondary N) is 1. The Hall–Kier alpha value is -1.83. The summed E-state index contributed by atoms with van der Waals surface area (Å²) in [4.78, 5) is 3.41. The molecule has 4 nitrogen and oxygen atoms in total. The first-order valence-electron chi connectivity index (χ1n) is 5.92. The average molecular weight is 301 g/mol. The van der Waals surface area contributed by atoms with Gasteiger partial charge in [-0.3, -0.25) is 0 Å². The van der Waals surface area contributed by atoms with Gasteiger partial charge in [-0.1, -0.05) is 18.2 Å². The molecule has 0 aliphatic carbocycles. The maximum Gasteiger partial charge on any atom is 0.452 e. The topological polar surface area (TPSA) is 47.0 Å². The number of nitrogens with zero attached hydrogens (tertiary/aromatic N) is 2. The lowest BCUT2D eigenvalue weighted by atomic mass is 10.1. The Kier molecular flexibility index (Phi) is 3.25. The van der Waals surface area contributed by atoms with Crippen molar-refractivity contribution in [2.45, 2.75) is 18.7 Å². The van der Waals surface area contributed by atoms with Gasteiger partial charge in [0.25, 0.3) is 0 Å². The van der Waals surface area contributed by atoms with E-state index in [9.17, 15) is 13.2 Å². The first-order valence-corrected chi connectivity index (χ1v) is 6.69. The van der Waals surface area contributed by atoms with Crippen LogP contribution in [0.15, 0.2) is 24.3 Å². The molecule has 0 bridgehead atoms. The van der Waals surface area contributed by atoms with E-state index in [-0.39, 0.29) is 11.2 Å². The summed E-state index contributed by atoms with van der Waals surface area (Å²) in [6, 6.07) is 7.66. The molecule has 2 heterocycles. The fraction of sp³-hybridized carbons (Fsp3) is 0.333. The first kappa shape index (κ1) is 13.2. The van der Waals surface area contributed by atoms with Crippen LogP contribution in [-0.2, 0) is 12.6 Å². The Bertz CT molecular complexity index is 589. The predicted molar refractivity (Wildman–Crippen MR) is 68.0 cm³/mol. The van der Waals surface area contributed by atoms with E-state index in [4.69, 9.17) is 4.74 Å². The molecule has 1 aromatic heterocycles. The third-order valence-corrected chi connectivity index (χ3v) is 3.55. The van der Waals surface area contributed by atoms with E-state index < -0.39 is 12.0 Å². The molecule has 8 heteroatoms. The molecule has 0 spiro atoms. The second-order valence-electron chi connectivity index (χ2n) is 4.35. The van der Waals surface area contributed by atoms with Gasteiger partial charge in [0.05, 0.1) is 6.54 Å². The van der Waals surface area contributed by atoms with Crippen LogP contribution in [0.5, 0.6) is 5.75 Å². The number of aromatic nitrogens is 2. The van der Waals surface area contributed by atoms with Crippen molar-refractivity contribution in [3.63, 3.8) is 0 Å². The van der Waals surface area contributed by atoms with E-state index in [1.54, 1.807) is 0 Å². The fourth-order valence-corrected chi connectivity index (χ4v) is 2.57. The van der Waals surface area contributed by atoms with E-state index in [1.165, 1.54) is 0 Å². The minimum atomic E-state index is -4.50. The van der Waals surface area contributed by atoms with Gasteiger partial charge in [-0.05, 0) is 11.6 Å². The first-order chi connectivity index (χ1) is 9.52. The van der Waals surface area contributed by atoms with Gasteiger partial charge in [-0.25, -0.2) is 0 Å². The summed E-state index contributed by atoms with van der Waals surface area (Å²) in [6.45, 7) is 0.390. The lowest BCUT2D eigenvalue weighted by Gasteiger charge is -2.10. The monoisotopic (exact) mass is 301 g/mol. The smallest absolute Gasteiger partial charge is 0.452 e. The second kappa shape index (κ2) is 4.93. The summed E-state index contributed by atoms with van der Waals surface area (Å²) in [5, 5.41) is 2.98. The lowest BCUT2D eigenvalue weighted by Crippen LogP contribution is -2.24. The number of ether oxygens (including phenoxy) is 1. The van der Waals surface area contributed by atoms with Gasteiger partial charge >= 0.3 is 6.18 Å². The quantitative estimate of drug-likeness (QED) is 0.947. The van der Waals surface area contributed by atoms with Gasteiger partial charge in [0, 0.05) is 18.0 Å². The molecule has 0 amide bonds. The van der Waals surface area contributed by atoms with E-state index >= 15 is 0 Å². The van der Waals surface area contributed by atoms with Gasteiger partial charge in [0.2, 0.25) is 11.0 Å². The summed E-state index contributed by atoms with van der Waals surface area (Å²) in [5.41, 5.74) is 1.10. The van der Waals surface area contributed by atoms with Crippen molar-refractivity contribution >= 4 is 16.7 Å². The van der Waals surface area contributed by atoms with Crippen LogP contribution in [-0.4, -0.2) is 22.0 Å². The highest BCUT2D eigenvalue weighted by Crippen LogP contribution is 2.30. The van der Waals surface area contributed by atoms with Gasteiger partial charge in [-0.2, -0.15) is 22.5 Å². The summed E-state index contributed by atoms with van der Waals surface area (Å²) in [5.74, 6) is -0.284. The molecule has 3 rings (SSSR count). The van der Waals surface area contributed by atoms with Crippen molar-refractivity contribution in [2.24, 2.45) is 0 Å². The molecule has 20 heavy (non-hydrogen) atoms. The summed E-state index contributed by atoms with van der Waals surface area (Å²) in [6.07, 6.45) is -3.88. The molecular weight excluding hydrogens is 291 g/mol. The molecule has 2 aromatic rings. The molecule has 0 saturated heterocycles. The largest absolute Gasteiger partial charge is 0.488 e. The number of benzene rings is 1. The van der Waals surface area contributed by atoms with Crippen molar-refractivity contribution in [3.8, 4) is 5.75 Å². The van der Waals surface area contributed by atoms with E-state index in [0.29, 0.717) is 18.1 Å². The minimum absolute atomic E-state index is 0.106. The van der Waals surface area contributed by atoms with Crippen LogP contribution in [0.3, 0.4) is 0 Å². The molecule has 1 aliphatic rings. The number of hydrogen-bond donors (Lipinski definition) is 1. The Labute approximate surface area is 116 Å². The molecule has 106 valence electrons. The normalized spacial score (nSPS) is 17.6. The molecule has 1 unspecified atom stereocenters. The molecule has 1 N–H and O–H groups in total. The standard InChI is InChI=1S/C12H10F3N3OS/c13-12(14,15)10-17-11(20-18-10)16-6-8-5-7-3-1-2-4-9(7)19-8/h1-4,8H,5-6H2,(H,16,17,18). The number of fused-ring (bicyclic) bond motifs is 1. The second-order valence-corrected chi connectivity index (χ2v) is 5.11.